The van der Waals surface area contributed by atoms with Gasteiger partial charge in [0.2, 0.25) is 5.76 Å². The smallest absolute Gasteiger partial charge is 0.323 e. The summed E-state index contributed by atoms with van der Waals surface area (Å²) in [5.41, 5.74) is 0.572. The van der Waals surface area contributed by atoms with E-state index in [1.807, 2.05) is 0 Å². The van der Waals surface area contributed by atoms with Gasteiger partial charge < -0.3 is 19.3 Å². The number of aliphatic carboxylic acids is 1. The Morgan fingerprint density at radius 2 is 2.29 bits per heavy atom. The highest BCUT2D eigenvalue weighted by Gasteiger charge is 2.23. The number of aryl methyl sites for hydroxylation is 1. The minimum absolute atomic E-state index is 0.0577. The molecule has 0 aromatic carbocycles. The van der Waals surface area contributed by atoms with Crippen LogP contribution < -0.4 is 0 Å². The standard InChI is InChI=1S/C10H14N2O5/c1-7-5-11-17-9(7)10(15)12(3-4-16-2)6-8(13)14/h5H,3-4,6H2,1-2H3,(H,13,14). The van der Waals surface area contributed by atoms with Gasteiger partial charge in [-0.05, 0) is 6.92 Å². The molecule has 1 amide bonds. The Morgan fingerprint density at radius 3 is 2.76 bits per heavy atom. The molecule has 17 heavy (non-hydrogen) atoms. The molecule has 7 nitrogen and oxygen atoms in total. The van der Waals surface area contributed by atoms with Crippen LogP contribution in [0.4, 0.5) is 0 Å². The van der Waals surface area contributed by atoms with Crippen molar-refractivity contribution in [2.24, 2.45) is 0 Å². The minimum atomic E-state index is -1.09. The summed E-state index contributed by atoms with van der Waals surface area (Å²) in [6.07, 6.45) is 1.41. The second-order valence-electron chi connectivity index (χ2n) is 3.45. The topological polar surface area (TPSA) is 92.9 Å². The van der Waals surface area contributed by atoms with E-state index in [4.69, 9.17) is 14.4 Å². The quantitative estimate of drug-likeness (QED) is 0.763. The Kier molecular flexibility index (Phi) is 4.65. The van der Waals surface area contributed by atoms with Crippen molar-refractivity contribution >= 4 is 11.9 Å². The number of amides is 1. The third-order valence-electron chi connectivity index (χ3n) is 2.12. The average Bonchev–Trinajstić information content (AvgIpc) is 2.69. The SMILES string of the molecule is COCCN(CC(=O)O)C(=O)c1oncc1C. The molecule has 0 saturated heterocycles. The van der Waals surface area contributed by atoms with Gasteiger partial charge in [0.1, 0.15) is 6.54 Å². The summed E-state index contributed by atoms with van der Waals surface area (Å²) in [7, 11) is 1.48. The molecule has 0 atom stereocenters. The number of carboxylic acid groups (broad SMARTS) is 1. The van der Waals surface area contributed by atoms with Crippen molar-refractivity contribution in [3.05, 3.63) is 17.5 Å². The molecule has 1 rings (SSSR count). The molecule has 1 N–H and O–H groups in total. The van der Waals surface area contributed by atoms with Gasteiger partial charge in [0.05, 0.1) is 12.8 Å². The van der Waals surface area contributed by atoms with Crippen LogP contribution >= 0.6 is 0 Å². The van der Waals surface area contributed by atoms with E-state index in [9.17, 15) is 9.59 Å². The zero-order valence-electron chi connectivity index (χ0n) is 9.67. The molecule has 94 valence electrons. The third-order valence-corrected chi connectivity index (χ3v) is 2.12. The van der Waals surface area contributed by atoms with E-state index in [1.165, 1.54) is 13.3 Å². The van der Waals surface area contributed by atoms with Crippen LogP contribution in [0.5, 0.6) is 0 Å². The van der Waals surface area contributed by atoms with Gasteiger partial charge >= 0.3 is 5.97 Å². The first-order valence-electron chi connectivity index (χ1n) is 4.97. The number of carboxylic acids is 1. The molecule has 7 heteroatoms. The third kappa shape index (κ3) is 3.56. The van der Waals surface area contributed by atoms with Crippen molar-refractivity contribution in [2.45, 2.75) is 6.92 Å². The van der Waals surface area contributed by atoms with Crippen LogP contribution in [0.1, 0.15) is 16.1 Å². The average molecular weight is 242 g/mol. The number of methoxy groups -OCH3 is 1. The highest BCUT2D eigenvalue weighted by Crippen LogP contribution is 2.09. The van der Waals surface area contributed by atoms with Gasteiger partial charge in [-0.15, -0.1) is 0 Å². The van der Waals surface area contributed by atoms with Gasteiger partial charge in [-0.3, -0.25) is 9.59 Å². The van der Waals surface area contributed by atoms with Crippen molar-refractivity contribution in [2.75, 3.05) is 26.8 Å². The lowest BCUT2D eigenvalue weighted by Gasteiger charge is -2.18. The lowest BCUT2D eigenvalue weighted by molar-refractivity contribution is -0.137. The van der Waals surface area contributed by atoms with Crippen LogP contribution in [0.15, 0.2) is 10.7 Å². The van der Waals surface area contributed by atoms with Gasteiger partial charge in [0, 0.05) is 19.2 Å². The first-order valence-corrected chi connectivity index (χ1v) is 4.97. The number of carbonyl (C=O) groups excluding carboxylic acids is 1. The molecule has 0 radical (unpaired) electrons. The summed E-state index contributed by atoms with van der Waals surface area (Å²) in [5, 5.41) is 12.2. The molecule has 0 saturated carbocycles. The van der Waals surface area contributed by atoms with Crippen molar-refractivity contribution in [3.8, 4) is 0 Å². The van der Waals surface area contributed by atoms with Crippen molar-refractivity contribution in [1.29, 1.82) is 0 Å². The Bertz CT molecular complexity index is 401. The molecular formula is C10H14N2O5. The Labute approximate surface area is 97.9 Å². The van der Waals surface area contributed by atoms with E-state index in [0.29, 0.717) is 5.56 Å². The number of hydrogen-bond acceptors (Lipinski definition) is 5. The fraction of sp³-hybridized carbons (Fsp3) is 0.500. The molecule has 0 bridgehead atoms. The second-order valence-corrected chi connectivity index (χ2v) is 3.45. The predicted octanol–water partition coefficient (Wildman–Crippen LogP) is 0.156. The van der Waals surface area contributed by atoms with Crippen LogP contribution in [0.3, 0.4) is 0 Å². The summed E-state index contributed by atoms with van der Waals surface area (Å²) in [6, 6.07) is 0. The van der Waals surface area contributed by atoms with Crippen LogP contribution in [0.2, 0.25) is 0 Å². The normalized spacial score (nSPS) is 10.2. The van der Waals surface area contributed by atoms with E-state index in [2.05, 4.69) is 5.16 Å². The largest absolute Gasteiger partial charge is 0.480 e. The highest BCUT2D eigenvalue weighted by atomic mass is 16.5. The lowest BCUT2D eigenvalue weighted by Crippen LogP contribution is -2.38. The van der Waals surface area contributed by atoms with Crippen LogP contribution in [0.25, 0.3) is 0 Å². The molecular weight excluding hydrogens is 228 g/mol. The summed E-state index contributed by atoms with van der Waals surface area (Å²) in [5.74, 6) is -1.53. The van der Waals surface area contributed by atoms with Gasteiger partial charge in [-0.1, -0.05) is 5.16 Å². The van der Waals surface area contributed by atoms with E-state index in [0.717, 1.165) is 4.90 Å². The monoisotopic (exact) mass is 242 g/mol. The Hall–Kier alpha value is -1.89. The van der Waals surface area contributed by atoms with Crippen LogP contribution in [0, 0.1) is 6.92 Å². The van der Waals surface area contributed by atoms with Gasteiger partial charge in [0.15, 0.2) is 0 Å². The van der Waals surface area contributed by atoms with Crippen molar-refractivity contribution < 1.29 is 24.0 Å². The molecule has 0 aliphatic heterocycles. The number of ether oxygens (including phenoxy) is 1. The maximum absolute atomic E-state index is 11.9. The molecule has 0 fully saturated rings. The molecule has 1 aromatic heterocycles. The van der Waals surface area contributed by atoms with E-state index in [1.54, 1.807) is 6.92 Å². The molecule has 0 aliphatic rings. The number of carbonyl (C=O) groups is 2. The number of aromatic nitrogens is 1. The first-order chi connectivity index (χ1) is 8.06. The molecule has 1 aromatic rings. The zero-order valence-corrected chi connectivity index (χ0v) is 9.67. The second kappa shape index (κ2) is 6.00. The summed E-state index contributed by atoms with van der Waals surface area (Å²) < 4.78 is 9.61. The molecule has 0 aliphatic carbocycles. The number of hydrogen-bond donors (Lipinski definition) is 1. The fourth-order valence-electron chi connectivity index (χ4n) is 1.26. The number of nitrogens with zero attached hydrogens (tertiary/aromatic N) is 2. The maximum atomic E-state index is 11.9. The predicted molar refractivity (Wildman–Crippen MR) is 56.7 cm³/mol. The Balaban J connectivity index is 2.78. The highest BCUT2D eigenvalue weighted by molar-refractivity contribution is 5.94. The van der Waals surface area contributed by atoms with Gasteiger partial charge in [-0.25, -0.2) is 0 Å². The fourth-order valence-corrected chi connectivity index (χ4v) is 1.26. The van der Waals surface area contributed by atoms with Crippen LogP contribution in [-0.2, 0) is 9.53 Å². The summed E-state index contributed by atoms with van der Waals surface area (Å²) in [6.45, 7) is 1.70. The van der Waals surface area contributed by atoms with E-state index in [-0.39, 0.29) is 18.9 Å². The molecule has 0 unspecified atom stereocenters. The van der Waals surface area contributed by atoms with Gasteiger partial charge in [0.25, 0.3) is 5.91 Å². The summed E-state index contributed by atoms with van der Waals surface area (Å²) in [4.78, 5) is 23.7. The van der Waals surface area contributed by atoms with E-state index < -0.39 is 18.4 Å². The zero-order chi connectivity index (χ0) is 12.8. The molecule has 1 heterocycles. The van der Waals surface area contributed by atoms with E-state index >= 15 is 0 Å². The molecule has 0 spiro atoms. The Morgan fingerprint density at radius 1 is 1.59 bits per heavy atom. The maximum Gasteiger partial charge on any atom is 0.323 e. The van der Waals surface area contributed by atoms with Crippen LogP contribution in [-0.4, -0.2) is 53.8 Å². The lowest BCUT2D eigenvalue weighted by atomic mass is 10.2. The first kappa shape index (κ1) is 13.2. The summed E-state index contributed by atoms with van der Waals surface area (Å²) >= 11 is 0. The minimum Gasteiger partial charge on any atom is -0.480 e. The van der Waals surface area contributed by atoms with Crippen molar-refractivity contribution in [3.63, 3.8) is 0 Å². The van der Waals surface area contributed by atoms with Crippen molar-refractivity contribution in [1.82, 2.24) is 10.1 Å². The number of rotatable bonds is 6. The van der Waals surface area contributed by atoms with Gasteiger partial charge in [-0.2, -0.15) is 0 Å².